The molecule has 0 bridgehead atoms. The summed E-state index contributed by atoms with van der Waals surface area (Å²) in [5.74, 6) is 0.406. The summed E-state index contributed by atoms with van der Waals surface area (Å²) in [7, 11) is 0. The summed E-state index contributed by atoms with van der Waals surface area (Å²) >= 11 is 6.64. The fourth-order valence-corrected chi connectivity index (χ4v) is 8.16. The first-order chi connectivity index (χ1) is 23.7. The molecule has 2 fully saturated rings. The van der Waals surface area contributed by atoms with Gasteiger partial charge in [-0.15, -0.1) is 11.8 Å². The highest BCUT2D eigenvalue weighted by Crippen LogP contribution is 2.33. The van der Waals surface area contributed by atoms with Crippen LogP contribution in [0.3, 0.4) is 0 Å². The zero-order chi connectivity index (χ0) is 34.6. The quantitative estimate of drug-likeness (QED) is 0.0617. The first-order valence-electron chi connectivity index (χ1n) is 16.4. The predicted molar refractivity (Wildman–Crippen MR) is 195 cm³/mol. The van der Waals surface area contributed by atoms with Gasteiger partial charge in [0.05, 0.1) is 30.1 Å². The molecule has 49 heavy (non-hydrogen) atoms. The minimum atomic E-state index is -1.21. The second-order valence-corrected chi connectivity index (χ2v) is 15.2. The minimum absolute atomic E-state index is 0.0656. The van der Waals surface area contributed by atoms with Crippen LogP contribution in [0.5, 0.6) is 5.75 Å². The van der Waals surface area contributed by atoms with Gasteiger partial charge in [0.2, 0.25) is 11.8 Å². The summed E-state index contributed by atoms with van der Waals surface area (Å²) in [5.41, 5.74) is 1.01. The molecule has 0 aliphatic carbocycles. The Kier molecular flexibility index (Phi) is 13.7. The van der Waals surface area contributed by atoms with Crippen LogP contribution in [-0.2, 0) is 22.6 Å². The van der Waals surface area contributed by atoms with Crippen LogP contribution >= 0.6 is 39.5 Å². The number of unbranched alkanes of at least 4 members (excludes halogenated alkanes) is 2. The molecule has 3 atom stereocenters. The summed E-state index contributed by atoms with van der Waals surface area (Å²) in [4.78, 5) is 48.9. The van der Waals surface area contributed by atoms with Crippen LogP contribution in [0.25, 0.3) is 0 Å². The Balaban J connectivity index is 0.927. The highest BCUT2D eigenvalue weighted by Gasteiger charge is 2.42. The molecule has 5 rings (SSSR count). The molecule has 4 amide bonds. The number of amides is 4. The van der Waals surface area contributed by atoms with E-state index in [-0.39, 0.29) is 47.1 Å². The number of hydrogen-bond acceptors (Lipinski definition) is 8. The molecule has 15 heteroatoms. The normalized spacial score (nSPS) is 18.0. The number of hydrogen-bond donors (Lipinski definition) is 5. The van der Waals surface area contributed by atoms with E-state index < -0.39 is 5.97 Å². The van der Waals surface area contributed by atoms with Crippen LogP contribution in [0.1, 0.15) is 54.6 Å². The van der Waals surface area contributed by atoms with E-state index in [1.807, 2.05) is 60.3 Å². The molecule has 262 valence electrons. The van der Waals surface area contributed by atoms with Gasteiger partial charge in [-0.05, 0) is 74.1 Å². The molecule has 0 spiro atoms. The average Bonchev–Trinajstić information content (AvgIpc) is 3.78. The molecule has 0 unspecified atom stereocenters. The van der Waals surface area contributed by atoms with Crippen molar-refractivity contribution in [1.82, 2.24) is 25.7 Å². The van der Waals surface area contributed by atoms with Crippen molar-refractivity contribution in [2.24, 2.45) is 0 Å². The maximum atomic E-state index is 12.5. The Bertz CT molecular complexity index is 1590. The van der Waals surface area contributed by atoms with Gasteiger partial charge in [-0.1, -0.05) is 34.5 Å². The van der Waals surface area contributed by atoms with Gasteiger partial charge in [0.1, 0.15) is 5.75 Å². The number of urea groups is 1. The largest absolute Gasteiger partial charge is 0.494 e. The number of fused-ring (bicyclic) bond motifs is 1. The third kappa shape index (κ3) is 11.4. The molecule has 1 aromatic heterocycles. The third-order valence-corrected chi connectivity index (χ3v) is 11.3. The van der Waals surface area contributed by atoms with Crippen molar-refractivity contribution in [3.8, 4) is 5.75 Å². The van der Waals surface area contributed by atoms with Gasteiger partial charge in [0, 0.05) is 46.1 Å². The van der Waals surface area contributed by atoms with Crippen LogP contribution in [-0.4, -0.2) is 80.7 Å². The molecule has 0 saturated carbocycles. The van der Waals surface area contributed by atoms with E-state index in [4.69, 9.17) is 4.74 Å². The maximum Gasteiger partial charge on any atom is 0.358 e. The van der Waals surface area contributed by atoms with Crippen LogP contribution < -0.4 is 26.0 Å². The van der Waals surface area contributed by atoms with Gasteiger partial charge in [0.15, 0.2) is 5.69 Å². The first kappa shape index (κ1) is 36.6. The SMILES string of the molecule is O=C(CCCC[C@@H]1SC[C@@H]2NC(=O)N[C@@H]21)NCCCCOc1ccc(CCn2cc(NC(=O)CSc3ccc(Br)cc3)c(C(=O)O)n2)cc1. The second kappa shape index (κ2) is 18.3. The zero-order valence-electron chi connectivity index (χ0n) is 27.0. The topological polar surface area (TPSA) is 164 Å². The highest BCUT2D eigenvalue weighted by atomic mass is 79.9. The lowest BCUT2D eigenvalue weighted by Gasteiger charge is -2.16. The lowest BCUT2D eigenvalue weighted by atomic mass is 10.0. The minimum Gasteiger partial charge on any atom is -0.494 e. The molecular weight excluding hydrogens is 732 g/mol. The Hall–Kier alpha value is -3.69. The van der Waals surface area contributed by atoms with Gasteiger partial charge >= 0.3 is 12.0 Å². The van der Waals surface area contributed by atoms with E-state index in [2.05, 4.69) is 42.3 Å². The number of thioether (sulfide) groups is 2. The number of benzene rings is 2. The number of aromatic nitrogens is 2. The molecule has 12 nitrogen and oxygen atoms in total. The Labute approximate surface area is 302 Å². The number of carbonyl (C=O) groups is 4. The Morgan fingerprint density at radius 1 is 1.04 bits per heavy atom. The third-order valence-electron chi connectivity index (χ3n) is 8.22. The fraction of sp³-hybridized carbons (Fsp3) is 0.441. The fourth-order valence-electron chi connectivity index (χ4n) is 5.65. The number of anilines is 1. The standard InChI is InChI=1S/C34H41BrN6O6S2/c35-23-9-13-25(14-10-23)48-21-30(43)37-26-19-41(40-32(26)33(44)45)17-15-22-7-11-24(12-8-22)47-18-4-3-16-36-29(42)6-2-1-5-28-31-27(20-49-28)38-34(46)39-31/h7-14,19,27-28,31H,1-6,15-18,20-21H2,(H,36,42)(H,37,43)(H,44,45)(H2,38,39,46)/t27-,28-,31-/m0/s1. The van der Waals surface area contributed by atoms with Crippen LogP contribution in [0.2, 0.25) is 0 Å². The number of ether oxygens (including phenoxy) is 1. The predicted octanol–water partition coefficient (Wildman–Crippen LogP) is 5.32. The van der Waals surface area contributed by atoms with Crippen molar-refractivity contribution in [2.45, 2.75) is 73.7 Å². The molecule has 3 aromatic rings. The van der Waals surface area contributed by atoms with Gasteiger partial charge in [0.25, 0.3) is 0 Å². The maximum absolute atomic E-state index is 12.5. The number of carbonyl (C=O) groups excluding carboxylic acids is 3. The van der Waals surface area contributed by atoms with Crippen molar-refractivity contribution >= 4 is 69.0 Å². The number of halogens is 1. The van der Waals surface area contributed by atoms with Gasteiger partial charge < -0.3 is 31.1 Å². The van der Waals surface area contributed by atoms with Crippen molar-refractivity contribution in [1.29, 1.82) is 0 Å². The van der Waals surface area contributed by atoms with Crippen molar-refractivity contribution in [3.63, 3.8) is 0 Å². The summed E-state index contributed by atoms with van der Waals surface area (Å²) in [5, 5.41) is 25.8. The summed E-state index contributed by atoms with van der Waals surface area (Å²) in [6, 6.07) is 15.7. The summed E-state index contributed by atoms with van der Waals surface area (Å²) in [6.45, 7) is 1.60. The molecule has 3 heterocycles. The number of nitrogens with one attached hydrogen (secondary N) is 4. The van der Waals surface area contributed by atoms with Crippen LogP contribution in [0.4, 0.5) is 10.5 Å². The summed E-state index contributed by atoms with van der Waals surface area (Å²) in [6.07, 6.45) is 7.15. The average molecular weight is 774 g/mol. The van der Waals surface area contributed by atoms with Gasteiger partial charge in [-0.2, -0.15) is 16.9 Å². The van der Waals surface area contributed by atoms with E-state index in [1.165, 1.54) is 16.4 Å². The van der Waals surface area contributed by atoms with Crippen molar-refractivity contribution in [3.05, 3.63) is 70.5 Å². The number of rotatable bonds is 19. The highest BCUT2D eigenvalue weighted by molar-refractivity contribution is 9.10. The van der Waals surface area contributed by atoms with E-state index in [0.29, 0.717) is 37.8 Å². The van der Waals surface area contributed by atoms with E-state index in [1.54, 1.807) is 6.20 Å². The summed E-state index contributed by atoms with van der Waals surface area (Å²) < 4.78 is 8.34. The van der Waals surface area contributed by atoms with E-state index >= 15 is 0 Å². The van der Waals surface area contributed by atoms with Crippen LogP contribution in [0.15, 0.2) is 64.1 Å². The van der Waals surface area contributed by atoms with Crippen molar-refractivity contribution in [2.75, 3.05) is 30.0 Å². The molecule has 5 N–H and O–H groups in total. The number of aryl methyl sites for hydroxylation is 2. The lowest BCUT2D eigenvalue weighted by molar-refractivity contribution is -0.121. The van der Waals surface area contributed by atoms with Gasteiger partial charge in [-0.3, -0.25) is 14.3 Å². The molecule has 2 saturated heterocycles. The monoisotopic (exact) mass is 772 g/mol. The first-order valence-corrected chi connectivity index (χ1v) is 19.2. The molecule has 2 aromatic carbocycles. The smallest absolute Gasteiger partial charge is 0.358 e. The Morgan fingerprint density at radius 3 is 2.61 bits per heavy atom. The van der Waals surface area contributed by atoms with Gasteiger partial charge in [-0.25, -0.2) is 9.59 Å². The Morgan fingerprint density at radius 2 is 1.84 bits per heavy atom. The molecular formula is C34H41BrN6O6S2. The number of carboxylic acid groups (broad SMARTS) is 1. The molecule has 0 radical (unpaired) electrons. The number of carboxylic acids is 1. The molecule has 2 aliphatic heterocycles. The number of aromatic carboxylic acids is 1. The van der Waals surface area contributed by atoms with E-state index in [0.717, 1.165) is 58.5 Å². The zero-order valence-corrected chi connectivity index (χ0v) is 30.2. The van der Waals surface area contributed by atoms with Crippen molar-refractivity contribution < 1.29 is 29.0 Å². The van der Waals surface area contributed by atoms with Crippen LogP contribution in [0, 0.1) is 0 Å². The number of nitrogens with zero attached hydrogens (tertiary/aromatic N) is 2. The van der Waals surface area contributed by atoms with E-state index in [9.17, 15) is 24.3 Å². The lowest BCUT2D eigenvalue weighted by Crippen LogP contribution is -2.36. The second-order valence-electron chi connectivity index (χ2n) is 11.9. The molecule has 2 aliphatic rings.